The van der Waals surface area contributed by atoms with Gasteiger partial charge in [0, 0.05) is 18.7 Å². The number of nitrogens with zero attached hydrogens (tertiary/aromatic N) is 1. The predicted molar refractivity (Wildman–Crippen MR) is 68.5 cm³/mol. The molecule has 4 heteroatoms. The van der Waals surface area contributed by atoms with Gasteiger partial charge in [-0.3, -0.25) is 0 Å². The van der Waals surface area contributed by atoms with E-state index >= 15 is 0 Å². The molecule has 0 aliphatic heterocycles. The molecule has 0 saturated carbocycles. The largest absolute Gasteiger partial charge is 0.396 e. The molecule has 0 unspecified atom stereocenters. The van der Waals surface area contributed by atoms with Crippen molar-refractivity contribution in [1.82, 2.24) is 4.90 Å². The first-order chi connectivity index (χ1) is 8.36. The molecule has 0 aromatic heterocycles. The molecular formula is C14H21F2NO. The Bertz CT molecular complexity index is 393. The third-order valence-electron chi connectivity index (χ3n) is 3.48. The van der Waals surface area contributed by atoms with Gasteiger partial charge in [-0.2, -0.15) is 0 Å². The third-order valence-corrected chi connectivity index (χ3v) is 3.48. The van der Waals surface area contributed by atoms with E-state index in [9.17, 15) is 8.78 Å². The number of benzene rings is 1. The van der Waals surface area contributed by atoms with E-state index in [2.05, 4.69) is 18.7 Å². The van der Waals surface area contributed by atoms with Gasteiger partial charge in [0.05, 0.1) is 0 Å². The lowest BCUT2D eigenvalue weighted by Crippen LogP contribution is -2.42. The van der Waals surface area contributed by atoms with Gasteiger partial charge in [-0.1, -0.05) is 6.07 Å². The van der Waals surface area contributed by atoms with Crippen molar-refractivity contribution in [2.75, 3.05) is 20.2 Å². The summed E-state index contributed by atoms with van der Waals surface area (Å²) in [6.07, 6.45) is 1.34. The Morgan fingerprint density at radius 1 is 1.22 bits per heavy atom. The fourth-order valence-electron chi connectivity index (χ4n) is 1.76. The third kappa shape index (κ3) is 4.03. The molecule has 0 amide bonds. The highest BCUT2D eigenvalue weighted by Crippen LogP contribution is 2.17. The van der Waals surface area contributed by atoms with Gasteiger partial charge in [-0.05, 0) is 51.4 Å². The van der Waals surface area contributed by atoms with Gasteiger partial charge >= 0.3 is 0 Å². The molecule has 1 aromatic carbocycles. The van der Waals surface area contributed by atoms with Crippen LogP contribution in [-0.2, 0) is 6.42 Å². The van der Waals surface area contributed by atoms with Crippen molar-refractivity contribution in [3.05, 3.63) is 35.4 Å². The van der Waals surface area contributed by atoms with Crippen LogP contribution in [0.5, 0.6) is 0 Å². The topological polar surface area (TPSA) is 23.5 Å². The molecule has 102 valence electrons. The highest BCUT2D eigenvalue weighted by Gasteiger charge is 2.22. The van der Waals surface area contributed by atoms with Crippen molar-refractivity contribution < 1.29 is 13.9 Å². The zero-order chi connectivity index (χ0) is 13.8. The van der Waals surface area contributed by atoms with Crippen LogP contribution in [0.1, 0.15) is 25.8 Å². The lowest BCUT2D eigenvalue weighted by Gasteiger charge is -2.35. The minimum atomic E-state index is -0.812. The number of halogens is 2. The smallest absolute Gasteiger partial charge is 0.159 e. The number of aliphatic hydroxyl groups excluding tert-OH is 1. The zero-order valence-electron chi connectivity index (χ0n) is 11.2. The van der Waals surface area contributed by atoms with Crippen molar-refractivity contribution in [3.63, 3.8) is 0 Å². The first-order valence-corrected chi connectivity index (χ1v) is 6.13. The number of aliphatic hydroxyl groups is 1. The van der Waals surface area contributed by atoms with Crippen LogP contribution in [0.2, 0.25) is 0 Å². The van der Waals surface area contributed by atoms with Crippen LogP contribution in [0.15, 0.2) is 18.2 Å². The Hall–Kier alpha value is -1.00. The van der Waals surface area contributed by atoms with Gasteiger partial charge in [-0.25, -0.2) is 8.78 Å². The number of likely N-dealkylation sites (N-methyl/N-ethyl adjacent to an activating group) is 1. The van der Waals surface area contributed by atoms with Crippen LogP contribution in [0.3, 0.4) is 0 Å². The molecular weight excluding hydrogens is 236 g/mol. The Balaban J connectivity index is 2.56. The van der Waals surface area contributed by atoms with E-state index in [0.29, 0.717) is 12.8 Å². The first-order valence-electron chi connectivity index (χ1n) is 6.13. The van der Waals surface area contributed by atoms with Crippen molar-refractivity contribution >= 4 is 0 Å². The first kappa shape index (κ1) is 15.1. The fraction of sp³-hybridized carbons (Fsp3) is 0.571. The highest BCUT2D eigenvalue weighted by molar-refractivity contribution is 5.18. The fourth-order valence-corrected chi connectivity index (χ4v) is 1.76. The number of hydrogen-bond donors (Lipinski definition) is 1. The Morgan fingerprint density at radius 3 is 2.44 bits per heavy atom. The van der Waals surface area contributed by atoms with Crippen molar-refractivity contribution in [2.24, 2.45) is 0 Å². The van der Waals surface area contributed by atoms with Crippen molar-refractivity contribution in [2.45, 2.75) is 32.2 Å². The lowest BCUT2D eigenvalue weighted by atomic mass is 9.98. The Kier molecular flexibility index (Phi) is 5.23. The minimum Gasteiger partial charge on any atom is -0.396 e. The summed E-state index contributed by atoms with van der Waals surface area (Å²) in [7, 11) is 1.97. The van der Waals surface area contributed by atoms with Gasteiger partial charge in [0.15, 0.2) is 11.6 Å². The summed E-state index contributed by atoms with van der Waals surface area (Å²) in [6.45, 7) is 4.98. The summed E-state index contributed by atoms with van der Waals surface area (Å²) in [5.74, 6) is -1.61. The minimum absolute atomic E-state index is 0.104. The predicted octanol–water partition coefficient (Wildman–Crippen LogP) is 2.60. The quantitative estimate of drug-likeness (QED) is 0.846. The van der Waals surface area contributed by atoms with Crippen LogP contribution in [0.25, 0.3) is 0 Å². The molecule has 2 nitrogen and oxygen atoms in total. The number of rotatable bonds is 6. The summed E-state index contributed by atoms with van der Waals surface area (Å²) in [5, 5.41) is 8.99. The molecule has 0 aliphatic rings. The van der Waals surface area contributed by atoms with Gasteiger partial charge < -0.3 is 10.0 Å². The average molecular weight is 257 g/mol. The average Bonchev–Trinajstić information content (AvgIpc) is 2.30. The molecule has 18 heavy (non-hydrogen) atoms. The van der Waals surface area contributed by atoms with Gasteiger partial charge in [0.25, 0.3) is 0 Å². The van der Waals surface area contributed by atoms with Gasteiger partial charge in [-0.15, -0.1) is 0 Å². The summed E-state index contributed by atoms with van der Waals surface area (Å²) in [6, 6.07) is 4.00. The molecule has 0 atom stereocenters. The van der Waals surface area contributed by atoms with E-state index in [1.165, 1.54) is 6.07 Å². The molecule has 0 fully saturated rings. The SMILES string of the molecule is CN(CCc1ccc(F)c(F)c1)C(C)(C)CCO. The van der Waals surface area contributed by atoms with E-state index in [1.54, 1.807) is 6.07 Å². The normalized spacial score (nSPS) is 12.2. The summed E-state index contributed by atoms with van der Waals surface area (Å²) in [4.78, 5) is 2.12. The second-order valence-corrected chi connectivity index (χ2v) is 5.21. The maximum atomic E-state index is 13.0. The zero-order valence-corrected chi connectivity index (χ0v) is 11.2. The van der Waals surface area contributed by atoms with E-state index in [1.807, 2.05) is 7.05 Å². The van der Waals surface area contributed by atoms with Crippen LogP contribution in [0.4, 0.5) is 8.78 Å². The van der Waals surface area contributed by atoms with Gasteiger partial charge in [0.2, 0.25) is 0 Å². The van der Waals surface area contributed by atoms with Crippen LogP contribution >= 0.6 is 0 Å². The van der Waals surface area contributed by atoms with E-state index in [4.69, 9.17) is 5.11 Å². The molecule has 1 N–H and O–H groups in total. The summed E-state index contributed by atoms with van der Waals surface area (Å²) < 4.78 is 25.8. The molecule has 0 radical (unpaired) electrons. The second-order valence-electron chi connectivity index (χ2n) is 5.21. The molecule has 0 aliphatic carbocycles. The Labute approximate surface area is 107 Å². The molecule has 1 rings (SSSR count). The van der Waals surface area contributed by atoms with Crippen molar-refractivity contribution in [3.8, 4) is 0 Å². The number of hydrogen-bond acceptors (Lipinski definition) is 2. The van der Waals surface area contributed by atoms with E-state index in [0.717, 1.165) is 18.2 Å². The summed E-state index contributed by atoms with van der Waals surface area (Å²) in [5.41, 5.74) is 0.674. The standard InChI is InChI=1S/C14H21F2NO/c1-14(2,7-9-18)17(3)8-6-11-4-5-12(15)13(16)10-11/h4-5,10,18H,6-9H2,1-3H3. The van der Waals surface area contributed by atoms with Gasteiger partial charge in [0.1, 0.15) is 0 Å². The molecule has 0 spiro atoms. The van der Waals surface area contributed by atoms with E-state index in [-0.39, 0.29) is 12.1 Å². The molecule has 0 heterocycles. The van der Waals surface area contributed by atoms with Crippen LogP contribution in [-0.4, -0.2) is 35.7 Å². The Morgan fingerprint density at radius 2 is 1.89 bits per heavy atom. The molecule has 0 bridgehead atoms. The molecule has 0 saturated heterocycles. The second kappa shape index (κ2) is 6.25. The highest BCUT2D eigenvalue weighted by atomic mass is 19.2. The van der Waals surface area contributed by atoms with E-state index < -0.39 is 11.6 Å². The lowest BCUT2D eigenvalue weighted by molar-refractivity contribution is 0.117. The van der Waals surface area contributed by atoms with Crippen molar-refractivity contribution in [1.29, 1.82) is 0 Å². The molecule has 1 aromatic rings. The summed E-state index contributed by atoms with van der Waals surface area (Å²) >= 11 is 0. The maximum Gasteiger partial charge on any atom is 0.159 e. The van der Waals surface area contributed by atoms with Crippen LogP contribution in [0, 0.1) is 11.6 Å². The maximum absolute atomic E-state index is 13.0. The monoisotopic (exact) mass is 257 g/mol. The van der Waals surface area contributed by atoms with Crippen LogP contribution < -0.4 is 0 Å².